The van der Waals surface area contributed by atoms with Crippen LogP contribution in [0.25, 0.3) is 0 Å². The van der Waals surface area contributed by atoms with Gasteiger partial charge >= 0.3 is 0 Å². The molecular formula is C23H24N2O3. The minimum absolute atomic E-state index is 0.0274. The Labute approximate surface area is 164 Å². The Morgan fingerprint density at radius 2 is 2.07 bits per heavy atom. The summed E-state index contributed by atoms with van der Waals surface area (Å²) in [5.41, 5.74) is 2.32. The third-order valence-corrected chi connectivity index (χ3v) is 6.72. The van der Waals surface area contributed by atoms with Crippen LogP contribution in [-0.2, 0) is 11.3 Å². The van der Waals surface area contributed by atoms with Crippen LogP contribution in [0.2, 0.25) is 0 Å². The minimum Gasteiger partial charge on any atom is -0.486 e. The number of ketones is 1. The van der Waals surface area contributed by atoms with E-state index in [1.54, 1.807) is 17.3 Å². The van der Waals surface area contributed by atoms with Gasteiger partial charge in [-0.25, -0.2) is 0 Å². The van der Waals surface area contributed by atoms with Gasteiger partial charge in [0.1, 0.15) is 11.4 Å². The molecule has 2 heterocycles. The molecule has 1 aromatic carbocycles. The second-order valence-electron chi connectivity index (χ2n) is 8.57. The van der Waals surface area contributed by atoms with Crippen molar-refractivity contribution in [2.75, 3.05) is 7.05 Å². The van der Waals surface area contributed by atoms with Gasteiger partial charge in [0.25, 0.3) is 0 Å². The highest BCUT2D eigenvalue weighted by Gasteiger charge is 2.70. The predicted octanol–water partition coefficient (Wildman–Crippen LogP) is 3.41. The van der Waals surface area contributed by atoms with Gasteiger partial charge in [0.05, 0.1) is 12.0 Å². The fourth-order valence-electron chi connectivity index (χ4n) is 5.36. The first kappa shape index (κ1) is 17.4. The van der Waals surface area contributed by atoms with E-state index in [9.17, 15) is 9.59 Å². The number of aryl methyl sites for hydroxylation is 1. The monoisotopic (exact) mass is 376 g/mol. The first-order valence-electron chi connectivity index (χ1n) is 9.95. The van der Waals surface area contributed by atoms with E-state index in [1.165, 1.54) is 0 Å². The number of nitrogens with zero attached hydrogens (tertiary/aromatic N) is 2. The van der Waals surface area contributed by atoms with Gasteiger partial charge in [-0.1, -0.05) is 11.6 Å². The number of fused-ring (bicyclic) bond motifs is 3. The van der Waals surface area contributed by atoms with Crippen molar-refractivity contribution in [2.24, 2.45) is 17.8 Å². The van der Waals surface area contributed by atoms with Gasteiger partial charge < -0.3 is 9.64 Å². The maximum atomic E-state index is 13.1. The number of carbonyl (C=O) groups is 2. The topological polar surface area (TPSA) is 59.5 Å². The summed E-state index contributed by atoms with van der Waals surface area (Å²) in [6.07, 6.45) is 5.70. The summed E-state index contributed by atoms with van der Waals surface area (Å²) in [4.78, 5) is 31.8. The number of Topliss-reactive ketones (excluding diaryl/α,β-unsaturated/α-hetero) is 1. The number of benzene rings is 1. The largest absolute Gasteiger partial charge is 0.486 e. The highest BCUT2D eigenvalue weighted by molar-refractivity contribution is 6.01. The number of aromatic nitrogens is 1. The van der Waals surface area contributed by atoms with Crippen molar-refractivity contribution in [1.82, 2.24) is 9.88 Å². The average Bonchev–Trinajstić information content (AvgIpc) is 3.33. The van der Waals surface area contributed by atoms with Crippen molar-refractivity contribution >= 4 is 11.7 Å². The van der Waals surface area contributed by atoms with E-state index in [2.05, 4.69) is 4.98 Å². The number of carbonyl (C=O) groups excluding carboxylic acids is 2. The summed E-state index contributed by atoms with van der Waals surface area (Å²) in [5, 5.41) is 0. The lowest BCUT2D eigenvalue weighted by Gasteiger charge is -2.37. The van der Waals surface area contributed by atoms with Gasteiger partial charge in [-0.2, -0.15) is 0 Å². The van der Waals surface area contributed by atoms with Crippen LogP contribution in [-0.4, -0.2) is 34.2 Å². The third-order valence-electron chi connectivity index (χ3n) is 6.72. The molecule has 2 saturated carbocycles. The molecule has 1 amide bonds. The van der Waals surface area contributed by atoms with Gasteiger partial charge in [0.2, 0.25) is 5.91 Å². The first-order chi connectivity index (χ1) is 13.5. The molecule has 0 saturated heterocycles. The summed E-state index contributed by atoms with van der Waals surface area (Å²) >= 11 is 0. The van der Waals surface area contributed by atoms with Crippen molar-refractivity contribution in [2.45, 2.75) is 38.3 Å². The van der Waals surface area contributed by atoms with Crippen LogP contribution >= 0.6 is 0 Å². The lowest BCUT2D eigenvalue weighted by atomic mass is 9.84. The van der Waals surface area contributed by atoms with Crippen LogP contribution in [0.5, 0.6) is 5.75 Å². The maximum Gasteiger partial charge on any atom is 0.226 e. The van der Waals surface area contributed by atoms with Crippen molar-refractivity contribution in [1.29, 1.82) is 0 Å². The van der Waals surface area contributed by atoms with Crippen molar-refractivity contribution in [3.8, 4) is 5.75 Å². The average molecular weight is 376 g/mol. The van der Waals surface area contributed by atoms with Crippen LogP contribution in [0.4, 0.5) is 0 Å². The lowest BCUT2D eigenvalue weighted by molar-refractivity contribution is -0.133. The van der Waals surface area contributed by atoms with Gasteiger partial charge in [0.15, 0.2) is 5.78 Å². The zero-order chi connectivity index (χ0) is 19.5. The zero-order valence-corrected chi connectivity index (χ0v) is 16.2. The highest BCUT2D eigenvalue weighted by atomic mass is 16.5. The molecule has 5 heteroatoms. The number of hydrogen-bond acceptors (Lipinski definition) is 4. The third kappa shape index (κ3) is 2.64. The molecule has 3 aliphatic rings. The van der Waals surface area contributed by atoms with Gasteiger partial charge in [-0.15, -0.1) is 0 Å². The molecule has 1 aromatic heterocycles. The summed E-state index contributed by atoms with van der Waals surface area (Å²) in [6.45, 7) is 2.56. The SMILES string of the molecule is Cc1ccc2c(c1)C(=O)CC1(CCC3C(C(=O)N(C)Cc4ccncc4)C31)O2. The van der Waals surface area contributed by atoms with Crippen molar-refractivity contribution in [3.05, 3.63) is 59.4 Å². The summed E-state index contributed by atoms with van der Waals surface area (Å²) in [6, 6.07) is 9.66. The maximum absolute atomic E-state index is 13.1. The van der Waals surface area contributed by atoms with Crippen LogP contribution < -0.4 is 4.74 Å². The van der Waals surface area contributed by atoms with Gasteiger partial charge in [-0.05, 0) is 55.5 Å². The van der Waals surface area contributed by atoms with E-state index in [0.29, 0.717) is 30.2 Å². The number of ether oxygens (including phenoxy) is 1. The van der Waals surface area contributed by atoms with E-state index in [1.807, 2.05) is 44.3 Å². The Bertz CT molecular complexity index is 958. The highest BCUT2D eigenvalue weighted by Crippen LogP contribution is 2.66. The fourth-order valence-corrected chi connectivity index (χ4v) is 5.36. The Balaban J connectivity index is 1.34. The van der Waals surface area contributed by atoms with Crippen LogP contribution in [0, 0.1) is 24.7 Å². The minimum atomic E-state index is -0.498. The zero-order valence-electron chi connectivity index (χ0n) is 16.2. The Morgan fingerprint density at radius 1 is 1.29 bits per heavy atom. The first-order valence-corrected chi connectivity index (χ1v) is 9.95. The molecule has 4 unspecified atom stereocenters. The standard InChI is InChI=1S/C23H24N2O3/c1-14-3-4-19-17(11-14)18(26)12-23(28-19)8-5-16-20(21(16)23)22(27)25(2)13-15-6-9-24-10-7-15/h3-4,6-7,9-11,16,20-21H,5,8,12-13H2,1-2H3. The number of pyridine rings is 1. The van der Waals surface area contributed by atoms with E-state index in [-0.39, 0.29) is 23.5 Å². The summed E-state index contributed by atoms with van der Waals surface area (Å²) in [7, 11) is 1.86. The molecule has 144 valence electrons. The second-order valence-corrected chi connectivity index (χ2v) is 8.57. The molecular weight excluding hydrogens is 352 g/mol. The van der Waals surface area contributed by atoms with E-state index in [0.717, 1.165) is 24.0 Å². The Hall–Kier alpha value is -2.69. The normalized spacial score (nSPS) is 29.8. The molecule has 1 spiro atoms. The molecule has 4 atom stereocenters. The quantitative estimate of drug-likeness (QED) is 0.824. The summed E-state index contributed by atoms with van der Waals surface area (Å²) in [5.74, 6) is 1.46. The molecule has 0 radical (unpaired) electrons. The molecule has 5 nitrogen and oxygen atoms in total. The molecule has 2 aromatic rings. The molecule has 2 fully saturated rings. The van der Waals surface area contributed by atoms with Gasteiger partial charge in [0, 0.05) is 37.8 Å². The van der Waals surface area contributed by atoms with Crippen molar-refractivity contribution in [3.63, 3.8) is 0 Å². The molecule has 5 rings (SSSR count). The molecule has 1 aliphatic heterocycles. The molecule has 0 N–H and O–H groups in total. The van der Waals surface area contributed by atoms with E-state index in [4.69, 9.17) is 4.74 Å². The Morgan fingerprint density at radius 3 is 2.86 bits per heavy atom. The predicted molar refractivity (Wildman–Crippen MR) is 104 cm³/mol. The van der Waals surface area contributed by atoms with Crippen LogP contribution in [0.1, 0.15) is 40.7 Å². The Kier molecular flexibility index (Phi) is 3.83. The molecule has 0 bridgehead atoms. The van der Waals surface area contributed by atoms with Crippen LogP contribution in [0.15, 0.2) is 42.7 Å². The molecule has 28 heavy (non-hydrogen) atoms. The van der Waals surface area contributed by atoms with E-state index >= 15 is 0 Å². The van der Waals surface area contributed by atoms with Gasteiger partial charge in [-0.3, -0.25) is 14.6 Å². The smallest absolute Gasteiger partial charge is 0.226 e. The summed E-state index contributed by atoms with van der Waals surface area (Å²) < 4.78 is 6.44. The number of amides is 1. The molecule has 2 aliphatic carbocycles. The van der Waals surface area contributed by atoms with Crippen molar-refractivity contribution < 1.29 is 14.3 Å². The van der Waals surface area contributed by atoms with Crippen LogP contribution in [0.3, 0.4) is 0 Å². The fraction of sp³-hybridized carbons (Fsp3) is 0.435. The second kappa shape index (κ2) is 6.16. The van der Waals surface area contributed by atoms with E-state index < -0.39 is 5.60 Å². The number of rotatable bonds is 3. The number of hydrogen-bond donors (Lipinski definition) is 0. The lowest BCUT2D eigenvalue weighted by Crippen LogP contribution is -2.44.